The SMILES string of the molecule is Cc1ccc(C2=CCC(C)(N(C)C)CC2)cc1F. The molecular weight excluding hydrogens is 225 g/mol. The second-order valence-electron chi connectivity index (χ2n) is 5.79. The lowest BCUT2D eigenvalue weighted by Crippen LogP contribution is -2.42. The molecule has 0 fully saturated rings. The van der Waals surface area contributed by atoms with Crippen molar-refractivity contribution in [3.05, 3.63) is 41.2 Å². The second kappa shape index (κ2) is 4.85. The van der Waals surface area contributed by atoms with Gasteiger partial charge in [-0.15, -0.1) is 0 Å². The van der Waals surface area contributed by atoms with Crippen LogP contribution in [0.15, 0.2) is 24.3 Å². The van der Waals surface area contributed by atoms with E-state index in [0.717, 1.165) is 24.8 Å². The Bertz CT molecular complexity index is 476. The van der Waals surface area contributed by atoms with Gasteiger partial charge in [-0.25, -0.2) is 4.39 Å². The van der Waals surface area contributed by atoms with Crippen LogP contribution in [0.3, 0.4) is 0 Å². The number of benzene rings is 1. The highest BCUT2D eigenvalue weighted by Crippen LogP contribution is 2.35. The minimum absolute atomic E-state index is 0.102. The number of halogens is 1. The third kappa shape index (κ3) is 2.49. The summed E-state index contributed by atoms with van der Waals surface area (Å²) < 4.78 is 13.6. The number of hydrogen-bond donors (Lipinski definition) is 0. The van der Waals surface area contributed by atoms with Gasteiger partial charge in [0, 0.05) is 5.54 Å². The van der Waals surface area contributed by atoms with Gasteiger partial charge in [0.1, 0.15) is 5.82 Å². The van der Waals surface area contributed by atoms with E-state index in [0.29, 0.717) is 5.56 Å². The van der Waals surface area contributed by atoms with Crippen molar-refractivity contribution in [3.8, 4) is 0 Å². The van der Waals surface area contributed by atoms with Crippen LogP contribution in [-0.4, -0.2) is 24.5 Å². The van der Waals surface area contributed by atoms with Gasteiger partial charge >= 0.3 is 0 Å². The maximum atomic E-state index is 13.6. The van der Waals surface area contributed by atoms with Crippen molar-refractivity contribution in [1.82, 2.24) is 4.90 Å². The predicted octanol–water partition coefficient (Wildman–Crippen LogP) is 4.02. The molecule has 0 spiro atoms. The lowest BCUT2D eigenvalue weighted by molar-refractivity contribution is 0.160. The molecule has 0 N–H and O–H groups in total. The van der Waals surface area contributed by atoms with Crippen molar-refractivity contribution in [2.45, 2.75) is 38.6 Å². The summed E-state index contributed by atoms with van der Waals surface area (Å²) in [5.41, 5.74) is 3.28. The molecule has 0 saturated carbocycles. The zero-order valence-corrected chi connectivity index (χ0v) is 11.8. The summed E-state index contributed by atoms with van der Waals surface area (Å²) in [5, 5.41) is 0. The third-order valence-corrected chi connectivity index (χ3v) is 4.34. The Morgan fingerprint density at radius 1 is 1.28 bits per heavy atom. The van der Waals surface area contributed by atoms with Crippen molar-refractivity contribution < 1.29 is 4.39 Å². The van der Waals surface area contributed by atoms with E-state index in [9.17, 15) is 4.39 Å². The first-order chi connectivity index (χ1) is 8.42. The van der Waals surface area contributed by atoms with E-state index in [-0.39, 0.29) is 11.4 Å². The molecule has 1 atom stereocenters. The highest BCUT2D eigenvalue weighted by molar-refractivity contribution is 5.67. The highest BCUT2D eigenvalue weighted by atomic mass is 19.1. The fourth-order valence-electron chi connectivity index (χ4n) is 2.41. The Hall–Kier alpha value is -1.15. The first-order valence-corrected chi connectivity index (χ1v) is 6.55. The van der Waals surface area contributed by atoms with Gasteiger partial charge in [0.2, 0.25) is 0 Å². The van der Waals surface area contributed by atoms with Crippen LogP contribution in [0.5, 0.6) is 0 Å². The van der Waals surface area contributed by atoms with Crippen LogP contribution in [0.4, 0.5) is 4.39 Å². The molecule has 1 aliphatic rings. The van der Waals surface area contributed by atoms with Gasteiger partial charge in [0.15, 0.2) is 0 Å². The van der Waals surface area contributed by atoms with Gasteiger partial charge < -0.3 is 4.90 Å². The normalized spacial score (nSPS) is 24.2. The Morgan fingerprint density at radius 3 is 2.50 bits per heavy atom. The molecule has 0 saturated heterocycles. The lowest BCUT2D eigenvalue weighted by Gasteiger charge is -2.39. The molecule has 1 nitrogen and oxygen atoms in total. The third-order valence-electron chi connectivity index (χ3n) is 4.34. The van der Waals surface area contributed by atoms with Gasteiger partial charge in [-0.05, 0) is 70.0 Å². The van der Waals surface area contributed by atoms with Gasteiger partial charge in [-0.2, -0.15) is 0 Å². The maximum Gasteiger partial charge on any atom is 0.126 e. The topological polar surface area (TPSA) is 3.24 Å². The van der Waals surface area contributed by atoms with E-state index in [4.69, 9.17) is 0 Å². The number of hydrogen-bond acceptors (Lipinski definition) is 1. The Kier molecular flexibility index (Phi) is 3.58. The van der Waals surface area contributed by atoms with Crippen molar-refractivity contribution in [2.24, 2.45) is 0 Å². The Morgan fingerprint density at radius 2 is 2.00 bits per heavy atom. The standard InChI is InChI=1S/C16H22FN/c1-12-5-6-14(11-15(12)17)13-7-9-16(2,10-8-13)18(3)4/h5-7,11H,8-10H2,1-4H3. The molecule has 1 aromatic rings. The monoisotopic (exact) mass is 247 g/mol. The van der Waals surface area contributed by atoms with Crippen molar-refractivity contribution in [1.29, 1.82) is 0 Å². The average Bonchev–Trinajstić information content (AvgIpc) is 2.34. The molecule has 0 heterocycles. The summed E-state index contributed by atoms with van der Waals surface area (Å²) in [6.07, 6.45) is 5.46. The smallest absolute Gasteiger partial charge is 0.126 e. The molecule has 98 valence electrons. The molecule has 0 aliphatic heterocycles. The summed E-state index contributed by atoms with van der Waals surface area (Å²) in [6, 6.07) is 5.56. The van der Waals surface area contributed by atoms with Crippen LogP contribution >= 0.6 is 0 Å². The fraction of sp³-hybridized carbons (Fsp3) is 0.500. The number of rotatable bonds is 2. The average molecular weight is 247 g/mol. The number of allylic oxidation sites excluding steroid dienone is 1. The Labute approximate surface area is 109 Å². The lowest BCUT2D eigenvalue weighted by atomic mass is 9.81. The number of nitrogens with zero attached hydrogens (tertiary/aromatic N) is 1. The number of aryl methyl sites for hydroxylation is 1. The van der Waals surface area contributed by atoms with Crippen LogP contribution in [0.25, 0.3) is 5.57 Å². The van der Waals surface area contributed by atoms with Crippen LogP contribution in [-0.2, 0) is 0 Å². The summed E-state index contributed by atoms with van der Waals surface area (Å²) in [6.45, 7) is 4.09. The molecule has 0 radical (unpaired) electrons. The minimum atomic E-state index is -0.102. The van der Waals surface area contributed by atoms with Crippen molar-refractivity contribution in [2.75, 3.05) is 14.1 Å². The van der Waals surface area contributed by atoms with Gasteiger partial charge in [-0.1, -0.05) is 18.2 Å². The largest absolute Gasteiger partial charge is 0.304 e. The molecule has 18 heavy (non-hydrogen) atoms. The van der Waals surface area contributed by atoms with Crippen LogP contribution < -0.4 is 0 Å². The molecule has 1 aliphatic carbocycles. The van der Waals surface area contributed by atoms with Gasteiger partial charge in [0.25, 0.3) is 0 Å². The van der Waals surface area contributed by atoms with Crippen LogP contribution in [0.2, 0.25) is 0 Å². The summed E-state index contributed by atoms with van der Waals surface area (Å²) >= 11 is 0. The molecule has 2 heteroatoms. The van der Waals surface area contributed by atoms with E-state index in [1.165, 1.54) is 5.57 Å². The summed E-state index contributed by atoms with van der Waals surface area (Å²) in [7, 11) is 4.26. The van der Waals surface area contributed by atoms with Crippen molar-refractivity contribution >= 4 is 5.57 Å². The van der Waals surface area contributed by atoms with E-state index >= 15 is 0 Å². The maximum absolute atomic E-state index is 13.6. The van der Waals surface area contributed by atoms with Crippen molar-refractivity contribution in [3.63, 3.8) is 0 Å². The highest BCUT2D eigenvalue weighted by Gasteiger charge is 2.29. The zero-order chi connectivity index (χ0) is 13.3. The summed E-state index contributed by atoms with van der Waals surface area (Å²) in [5.74, 6) is -0.102. The molecule has 0 bridgehead atoms. The molecule has 1 unspecified atom stereocenters. The first kappa shape index (κ1) is 13.3. The minimum Gasteiger partial charge on any atom is -0.304 e. The van der Waals surface area contributed by atoms with Gasteiger partial charge in [0.05, 0.1) is 0 Å². The second-order valence-corrected chi connectivity index (χ2v) is 5.79. The molecule has 0 amide bonds. The Balaban J connectivity index is 2.22. The van der Waals surface area contributed by atoms with E-state index in [2.05, 4.69) is 32.0 Å². The fourth-order valence-corrected chi connectivity index (χ4v) is 2.41. The van der Waals surface area contributed by atoms with E-state index < -0.39 is 0 Å². The first-order valence-electron chi connectivity index (χ1n) is 6.55. The van der Waals surface area contributed by atoms with Crippen LogP contribution in [0.1, 0.15) is 37.3 Å². The van der Waals surface area contributed by atoms with Gasteiger partial charge in [-0.3, -0.25) is 0 Å². The molecule has 2 rings (SSSR count). The molecule has 0 aromatic heterocycles. The van der Waals surface area contributed by atoms with Crippen LogP contribution in [0, 0.1) is 12.7 Å². The quantitative estimate of drug-likeness (QED) is 0.763. The molecule has 1 aromatic carbocycles. The van der Waals surface area contributed by atoms with E-state index in [1.807, 2.05) is 12.1 Å². The van der Waals surface area contributed by atoms with E-state index in [1.54, 1.807) is 13.0 Å². The predicted molar refractivity (Wildman–Crippen MR) is 75.1 cm³/mol. The molecular formula is C16H22FN. The zero-order valence-electron chi connectivity index (χ0n) is 11.8. The summed E-state index contributed by atoms with van der Waals surface area (Å²) in [4.78, 5) is 2.29.